The molecule has 19 heavy (non-hydrogen) atoms. The highest BCUT2D eigenvalue weighted by molar-refractivity contribution is 5.97. The fraction of sp³-hybridized carbons (Fsp3) is 0.533. The molecule has 4 heteroatoms. The van der Waals surface area contributed by atoms with Crippen LogP contribution in [-0.4, -0.2) is 55.9 Å². The molecule has 0 amide bonds. The minimum atomic E-state index is -0.434. The van der Waals surface area contributed by atoms with E-state index >= 15 is 0 Å². The third kappa shape index (κ3) is 5.49. The van der Waals surface area contributed by atoms with Gasteiger partial charge in [-0.05, 0) is 39.2 Å². The number of ketones is 1. The third-order valence-corrected chi connectivity index (χ3v) is 2.94. The molecule has 3 nitrogen and oxygen atoms in total. The number of hydrogen-bond donors (Lipinski definition) is 0. The molecule has 0 unspecified atom stereocenters. The molecule has 0 heterocycles. The van der Waals surface area contributed by atoms with E-state index in [4.69, 9.17) is 0 Å². The van der Waals surface area contributed by atoms with E-state index in [1.807, 2.05) is 14.1 Å². The number of halogens is 1. The van der Waals surface area contributed by atoms with Crippen LogP contribution in [0.3, 0.4) is 0 Å². The fourth-order valence-corrected chi connectivity index (χ4v) is 1.90. The molecular weight excluding hydrogens is 243 g/mol. The summed E-state index contributed by atoms with van der Waals surface area (Å²) in [7, 11) is 4.01. The van der Waals surface area contributed by atoms with E-state index in [9.17, 15) is 9.18 Å². The quantitative estimate of drug-likeness (QED) is 0.674. The van der Waals surface area contributed by atoms with Crippen LogP contribution in [0.15, 0.2) is 24.3 Å². The van der Waals surface area contributed by atoms with Gasteiger partial charge in [0, 0.05) is 13.1 Å². The number of likely N-dealkylation sites (N-methyl/N-ethyl adjacent to an activating group) is 1. The Morgan fingerprint density at radius 2 is 1.84 bits per heavy atom. The predicted molar refractivity (Wildman–Crippen MR) is 76.0 cm³/mol. The molecule has 1 aromatic carbocycles. The van der Waals surface area contributed by atoms with Crippen molar-refractivity contribution in [3.63, 3.8) is 0 Å². The molecule has 0 aromatic heterocycles. The Labute approximate surface area is 115 Å². The van der Waals surface area contributed by atoms with E-state index in [1.54, 1.807) is 18.2 Å². The average Bonchev–Trinajstić information content (AvgIpc) is 2.36. The number of benzene rings is 1. The van der Waals surface area contributed by atoms with Crippen molar-refractivity contribution >= 4 is 5.78 Å². The highest BCUT2D eigenvalue weighted by Crippen LogP contribution is 2.08. The maximum Gasteiger partial charge on any atom is 0.179 e. The van der Waals surface area contributed by atoms with Crippen LogP contribution in [0.4, 0.5) is 4.39 Å². The van der Waals surface area contributed by atoms with Gasteiger partial charge in [-0.15, -0.1) is 0 Å². The fourth-order valence-electron chi connectivity index (χ4n) is 1.90. The molecule has 0 atom stereocenters. The minimum Gasteiger partial charge on any atom is -0.308 e. The summed E-state index contributed by atoms with van der Waals surface area (Å²) in [5, 5.41) is 0. The Morgan fingerprint density at radius 3 is 2.42 bits per heavy atom. The van der Waals surface area contributed by atoms with Gasteiger partial charge in [0.25, 0.3) is 0 Å². The maximum atomic E-state index is 13.5. The maximum absolute atomic E-state index is 13.5. The first-order chi connectivity index (χ1) is 9.04. The SMILES string of the molecule is CCCN(CCN(C)C)CC(=O)c1ccccc1F. The predicted octanol–water partition coefficient (Wildman–Crippen LogP) is 2.28. The van der Waals surface area contributed by atoms with E-state index in [1.165, 1.54) is 6.07 Å². The van der Waals surface area contributed by atoms with Gasteiger partial charge < -0.3 is 4.90 Å². The highest BCUT2D eigenvalue weighted by atomic mass is 19.1. The molecule has 0 saturated carbocycles. The Morgan fingerprint density at radius 1 is 1.16 bits per heavy atom. The van der Waals surface area contributed by atoms with Crippen LogP contribution in [0.1, 0.15) is 23.7 Å². The standard InChI is InChI=1S/C15H23FN2O/c1-4-9-18(11-10-17(2)3)12-15(19)13-7-5-6-8-14(13)16/h5-8H,4,9-12H2,1-3H3. The molecule has 0 spiro atoms. The molecule has 1 rings (SSSR count). The third-order valence-electron chi connectivity index (χ3n) is 2.94. The molecule has 0 aliphatic heterocycles. The second-order valence-electron chi connectivity index (χ2n) is 4.98. The molecule has 0 aliphatic rings. The number of Topliss-reactive ketones (excluding diaryl/α,β-unsaturated/α-hetero) is 1. The zero-order chi connectivity index (χ0) is 14.3. The first-order valence-electron chi connectivity index (χ1n) is 6.69. The van der Waals surface area contributed by atoms with Crippen LogP contribution in [0.5, 0.6) is 0 Å². The topological polar surface area (TPSA) is 23.6 Å². The van der Waals surface area contributed by atoms with E-state index in [0.29, 0.717) is 0 Å². The smallest absolute Gasteiger partial charge is 0.179 e. The molecule has 0 bridgehead atoms. The minimum absolute atomic E-state index is 0.148. The first kappa shape index (κ1) is 15.8. The van der Waals surface area contributed by atoms with Crippen molar-refractivity contribution in [3.8, 4) is 0 Å². The lowest BCUT2D eigenvalue weighted by molar-refractivity contribution is 0.0921. The highest BCUT2D eigenvalue weighted by Gasteiger charge is 2.15. The van der Waals surface area contributed by atoms with E-state index < -0.39 is 5.82 Å². The number of carbonyl (C=O) groups excluding carboxylic acids is 1. The summed E-state index contributed by atoms with van der Waals surface area (Å²) >= 11 is 0. The zero-order valence-electron chi connectivity index (χ0n) is 12.0. The molecule has 0 aliphatic carbocycles. The number of rotatable bonds is 8. The molecule has 0 radical (unpaired) electrons. The molecule has 0 fully saturated rings. The van der Waals surface area contributed by atoms with E-state index in [0.717, 1.165) is 26.1 Å². The molecule has 1 aromatic rings. The summed E-state index contributed by atoms with van der Waals surface area (Å²) in [4.78, 5) is 16.3. The molecular formula is C15H23FN2O. The van der Waals surface area contributed by atoms with Crippen LogP contribution in [0.2, 0.25) is 0 Å². The van der Waals surface area contributed by atoms with Gasteiger partial charge in [-0.1, -0.05) is 19.1 Å². The summed E-state index contributed by atoms with van der Waals surface area (Å²) in [6.45, 7) is 4.93. The zero-order valence-corrected chi connectivity index (χ0v) is 12.0. The lowest BCUT2D eigenvalue weighted by Gasteiger charge is -2.22. The van der Waals surface area contributed by atoms with Crippen LogP contribution in [0, 0.1) is 5.82 Å². The van der Waals surface area contributed by atoms with Gasteiger partial charge in [-0.25, -0.2) is 4.39 Å². The van der Waals surface area contributed by atoms with Crippen molar-refractivity contribution in [2.24, 2.45) is 0 Å². The van der Waals surface area contributed by atoms with Gasteiger partial charge in [0.15, 0.2) is 5.78 Å². The normalized spacial score (nSPS) is 11.3. The van der Waals surface area contributed by atoms with Crippen LogP contribution in [0.25, 0.3) is 0 Å². The number of nitrogens with zero attached hydrogens (tertiary/aromatic N) is 2. The van der Waals surface area contributed by atoms with Crippen LogP contribution >= 0.6 is 0 Å². The Kier molecular flexibility index (Phi) is 6.67. The van der Waals surface area contributed by atoms with Gasteiger partial charge in [0.2, 0.25) is 0 Å². The van der Waals surface area contributed by atoms with E-state index in [-0.39, 0.29) is 17.9 Å². The van der Waals surface area contributed by atoms with Crippen LogP contribution in [-0.2, 0) is 0 Å². The summed E-state index contributed by atoms with van der Waals surface area (Å²) in [6.07, 6.45) is 0.984. The Hall–Kier alpha value is -1.26. The van der Waals surface area contributed by atoms with Crippen molar-refractivity contribution in [3.05, 3.63) is 35.6 Å². The van der Waals surface area contributed by atoms with Gasteiger partial charge in [-0.2, -0.15) is 0 Å². The van der Waals surface area contributed by atoms with Gasteiger partial charge >= 0.3 is 0 Å². The Balaban J connectivity index is 2.63. The molecule has 0 N–H and O–H groups in total. The van der Waals surface area contributed by atoms with Crippen molar-refractivity contribution in [1.82, 2.24) is 9.80 Å². The van der Waals surface area contributed by atoms with Crippen molar-refractivity contribution < 1.29 is 9.18 Å². The molecule has 0 saturated heterocycles. The second kappa shape index (κ2) is 8.02. The molecule has 106 valence electrons. The van der Waals surface area contributed by atoms with E-state index in [2.05, 4.69) is 16.7 Å². The van der Waals surface area contributed by atoms with Crippen LogP contribution < -0.4 is 0 Å². The monoisotopic (exact) mass is 266 g/mol. The number of hydrogen-bond acceptors (Lipinski definition) is 3. The largest absolute Gasteiger partial charge is 0.308 e. The Bertz CT molecular complexity index is 407. The summed E-state index contributed by atoms with van der Waals surface area (Å²) < 4.78 is 13.5. The summed E-state index contributed by atoms with van der Waals surface area (Å²) in [5.41, 5.74) is 0.188. The lowest BCUT2D eigenvalue weighted by atomic mass is 10.1. The van der Waals surface area contributed by atoms with Gasteiger partial charge in [-0.3, -0.25) is 9.69 Å². The first-order valence-corrected chi connectivity index (χ1v) is 6.69. The second-order valence-corrected chi connectivity index (χ2v) is 4.98. The number of carbonyl (C=O) groups is 1. The average molecular weight is 266 g/mol. The van der Waals surface area contributed by atoms with Gasteiger partial charge in [0.1, 0.15) is 5.82 Å². The summed E-state index contributed by atoms with van der Waals surface area (Å²) in [5.74, 6) is -0.582. The summed E-state index contributed by atoms with van der Waals surface area (Å²) in [6, 6.07) is 6.17. The lowest BCUT2D eigenvalue weighted by Crippen LogP contribution is -2.36. The van der Waals surface area contributed by atoms with Crippen molar-refractivity contribution in [2.45, 2.75) is 13.3 Å². The van der Waals surface area contributed by atoms with Crippen molar-refractivity contribution in [1.29, 1.82) is 0 Å². The van der Waals surface area contributed by atoms with Gasteiger partial charge in [0.05, 0.1) is 12.1 Å². The van der Waals surface area contributed by atoms with Crippen molar-refractivity contribution in [2.75, 3.05) is 40.3 Å².